The van der Waals surface area contributed by atoms with Gasteiger partial charge in [0.25, 0.3) is 0 Å². The van der Waals surface area contributed by atoms with E-state index in [2.05, 4.69) is 427 Å². The van der Waals surface area contributed by atoms with Crippen LogP contribution in [0.25, 0.3) is 112 Å². The van der Waals surface area contributed by atoms with Gasteiger partial charge in [-0.1, -0.05) is 232 Å². The van der Waals surface area contributed by atoms with Crippen LogP contribution in [-0.4, -0.2) is 0 Å². The van der Waals surface area contributed by atoms with Gasteiger partial charge in [-0.15, -0.1) is 0 Å². The monoisotopic (exact) mass is 1980 g/mol. The molecule has 0 N–H and O–H groups in total. The summed E-state index contributed by atoms with van der Waals surface area (Å²) in [7, 11) is 10.7. The average Bonchev–Trinajstić information content (AvgIpc) is 0.731. The van der Waals surface area contributed by atoms with Crippen LogP contribution in [0.15, 0.2) is 334 Å². The number of aryl methyl sites for hydroxylation is 10. The van der Waals surface area contributed by atoms with E-state index >= 15 is 0 Å². The summed E-state index contributed by atoms with van der Waals surface area (Å²) >= 11 is 0. The Balaban J connectivity index is 0.0000000981. The lowest BCUT2D eigenvalue weighted by Gasteiger charge is -2.57. The molecular weight excluding hydrogens is 1810 g/mol. The Morgan fingerprint density at radius 1 is 0.233 bits per heavy atom. The van der Waals surface area contributed by atoms with Gasteiger partial charge in [0.2, 0.25) is 28.5 Å². The maximum Gasteiger partial charge on any atom is 0.213 e. The molecule has 3 atom stereocenters. The van der Waals surface area contributed by atoms with E-state index in [1.807, 2.05) is 0 Å². The van der Waals surface area contributed by atoms with Gasteiger partial charge in [-0.2, -0.15) is 0 Å². The molecule has 10 aromatic carbocycles. The van der Waals surface area contributed by atoms with Gasteiger partial charge in [0.15, 0.2) is 31.0 Å². The summed E-state index contributed by atoms with van der Waals surface area (Å²) < 4.78 is 29.7. The molecule has 5 aromatic heterocycles. The molecule has 0 radical (unpaired) electrons. The van der Waals surface area contributed by atoms with Gasteiger partial charge in [-0.3, -0.25) is 0 Å². The fraction of sp³-hybridized carbons (Fsp3) is 0.414. The minimum absolute atomic E-state index is 0.151. The van der Waals surface area contributed by atoms with Crippen molar-refractivity contribution in [3.05, 3.63) is 390 Å². The Hall–Kier alpha value is -12.1. The van der Waals surface area contributed by atoms with Gasteiger partial charge >= 0.3 is 0 Å². The molecule has 1 unspecified atom stereocenters. The molecule has 18 saturated carbocycles. The van der Waals surface area contributed by atoms with Gasteiger partial charge in [0, 0.05) is 91.2 Å². The van der Waals surface area contributed by atoms with E-state index in [1.54, 1.807) is 22.3 Å². The predicted octanol–water partition coefficient (Wildman–Crippen LogP) is 33.5. The van der Waals surface area contributed by atoms with Gasteiger partial charge in [-0.05, 0) is 466 Å². The first-order valence-corrected chi connectivity index (χ1v) is 58.6. The zero-order valence-electron chi connectivity index (χ0n) is 93.4. The molecule has 5 heteroatoms. The molecule has 5 nitrogen and oxygen atoms in total. The molecule has 16 bridgehead atoms. The van der Waals surface area contributed by atoms with Crippen molar-refractivity contribution in [1.82, 2.24) is 0 Å². The fourth-order valence-corrected chi connectivity index (χ4v) is 35.2. The first-order valence-electron chi connectivity index (χ1n) is 59.6. The van der Waals surface area contributed by atoms with E-state index in [9.17, 15) is 2.74 Å². The van der Waals surface area contributed by atoms with Crippen molar-refractivity contribution in [3.8, 4) is 112 Å². The van der Waals surface area contributed by atoms with Crippen LogP contribution in [0.3, 0.4) is 0 Å². The van der Waals surface area contributed by atoms with E-state index in [4.69, 9.17) is 0 Å². The third-order valence-corrected chi connectivity index (χ3v) is 41.0. The maximum atomic E-state index is 9.28. The third kappa shape index (κ3) is 20.2. The second-order valence-corrected chi connectivity index (χ2v) is 51.6. The topological polar surface area (TPSA) is 19.4 Å². The highest BCUT2D eigenvalue weighted by atomic mass is 14.9. The molecular formula is C145H162N5+5. The minimum Gasteiger partial charge on any atom is -0.201 e. The summed E-state index contributed by atoms with van der Waals surface area (Å²) in [6.45, 7) is 10.9. The second-order valence-electron chi connectivity index (χ2n) is 51.6. The van der Waals surface area contributed by atoms with E-state index in [0.29, 0.717) is 16.2 Å². The van der Waals surface area contributed by atoms with Gasteiger partial charge < -0.3 is 0 Å². The molecule has 33 rings (SSSR count). The molecule has 18 fully saturated rings. The number of benzene rings is 10. The summed E-state index contributed by atoms with van der Waals surface area (Å²) in [5, 5.41) is 0. The first-order chi connectivity index (χ1) is 73.8. The number of hydrogen-bond donors (Lipinski definition) is 0. The maximum absolute atomic E-state index is 9.28. The number of fused-ring (bicyclic) bond motifs is 1. The normalized spacial score (nSPS) is 28.3. The smallest absolute Gasteiger partial charge is 0.201 e. The highest BCUT2D eigenvalue weighted by Crippen LogP contribution is 2.66. The lowest BCUT2D eigenvalue weighted by molar-refractivity contribution is -0.660. The molecule has 0 saturated heterocycles. The van der Waals surface area contributed by atoms with E-state index in [-0.39, 0.29) is 5.41 Å². The number of nitrogens with zero attached hydrogens (tertiary/aromatic N) is 5. The number of rotatable bonds is 17. The standard InChI is InChI=1S/2C30H34N.2C29H32N.C27H30N/c2*1-21-5-3-4-6-28(21)29-16-27(11-12-31(29)2)26-9-7-22(8-10-26)17-30-18-23-13-24(19-30)15-25(14-23)20-30;1-20-6-3-4-9-27(20)28-16-25(10-11-30(28)2)24-7-5-8-26(15-24)29-17-21-12-22(18-29)14-23(13-21)19-29;1-20-5-3-4-6-27(20)28-16-25(11-12-30(28)2)24-7-9-26(10-8-24)29-17-21-13-22(18-29)15-23(14-21)19-29;1-19-6-3-4-9-26(19)27-18-24(14-15-28(27)2)20-10-12-21(13-11-20)25-16-22-7-5-8-23(22)17-25/h2*3-12,16,23-25H,13-15,17-20H2,1-2H3;3-11,15-16,21-23H,12-14,17-19H2,1-2H3;3-12,16,21-23H,13-15,17-19H2,1-2H3;3-4,6,9-15,18,22-23,25H,5,7-8,16-17H2,1-2H3/q5*+1/t;;;;22-,23+,25?/i17D2;;;;. The van der Waals surface area contributed by atoms with Crippen molar-refractivity contribution in [2.45, 2.75) is 250 Å². The van der Waals surface area contributed by atoms with Gasteiger partial charge in [0.05, 0.1) is 0 Å². The average molecular weight is 1980 g/mol. The quantitative estimate of drug-likeness (QED) is 0.0810. The lowest BCUT2D eigenvalue weighted by atomic mass is 9.48. The zero-order chi connectivity index (χ0) is 103. The van der Waals surface area contributed by atoms with Gasteiger partial charge in [-0.25, -0.2) is 22.8 Å². The van der Waals surface area contributed by atoms with Crippen molar-refractivity contribution < 1.29 is 25.6 Å². The van der Waals surface area contributed by atoms with E-state index in [1.165, 1.54) is 308 Å². The van der Waals surface area contributed by atoms with Crippen LogP contribution < -0.4 is 22.8 Å². The SMILES string of the molecule is Cc1ccccc1-c1cc(-c2ccc(C34CC5CC(CC(C5)C3)C4)cc2)cc[n+]1C.Cc1ccccc1-c1cc(-c2ccc(C3C[C@H]4CCC[C@H]4C3)cc2)cc[n+]1C.Cc1ccccc1-c1cc(-c2ccc(CC34CC5CC(CC(C5)C3)C4)cc2)cc[n+]1C.Cc1ccccc1-c1cc(-c2cccc(C34CC5CC(CC(C5)C3)C4)c2)cc[n+]1C.[2H]C([2H])(c1ccc(-c2cc[n+](C)c(-c3ccccc3C)c2)cc1)C12CC3CC(CC(C3)C1)C2. The molecule has 762 valence electrons. The van der Waals surface area contributed by atoms with Crippen molar-refractivity contribution in [2.24, 2.45) is 129 Å². The summed E-state index contributed by atoms with van der Waals surface area (Å²) in [6.07, 6.45) is 52.3. The van der Waals surface area contributed by atoms with Crippen molar-refractivity contribution >= 4 is 0 Å². The van der Waals surface area contributed by atoms with Crippen LogP contribution in [0, 0.1) is 128 Å². The Bertz CT molecular complexity index is 7410. The third-order valence-electron chi connectivity index (χ3n) is 41.0. The summed E-state index contributed by atoms with van der Waals surface area (Å²) in [5.74, 6) is 14.2. The van der Waals surface area contributed by atoms with Crippen LogP contribution in [0.4, 0.5) is 0 Å². The summed E-state index contributed by atoms with van der Waals surface area (Å²) in [4.78, 5) is 0. The largest absolute Gasteiger partial charge is 0.213 e. The van der Waals surface area contributed by atoms with Crippen LogP contribution >= 0.6 is 0 Å². The van der Waals surface area contributed by atoms with Crippen molar-refractivity contribution in [2.75, 3.05) is 0 Å². The second kappa shape index (κ2) is 41.2. The Morgan fingerprint density at radius 2 is 0.493 bits per heavy atom. The molecule has 5 heterocycles. The van der Waals surface area contributed by atoms with E-state index < -0.39 is 6.37 Å². The lowest BCUT2D eigenvalue weighted by Crippen LogP contribution is -2.48. The molecule has 150 heavy (non-hydrogen) atoms. The van der Waals surface area contributed by atoms with Crippen molar-refractivity contribution in [3.63, 3.8) is 0 Å². The van der Waals surface area contributed by atoms with Crippen molar-refractivity contribution in [1.29, 1.82) is 0 Å². The summed E-state index contributed by atoms with van der Waals surface area (Å²) in [5.41, 5.74) is 40.9. The molecule has 0 spiro atoms. The van der Waals surface area contributed by atoms with Crippen LogP contribution in [0.2, 0.25) is 0 Å². The molecule has 18 aliphatic rings. The molecule has 15 aromatic rings. The van der Waals surface area contributed by atoms with E-state index in [0.717, 1.165) is 119 Å². The van der Waals surface area contributed by atoms with Crippen LogP contribution in [-0.2, 0) is 58.9 Å². The first kappa shape index (κ1) is 96.3. The Kier molecular flexibility index (Phi) is 26.4. The highest BCUT2D eigenvalue weighted by molar-refractivity contribution is 5.76. The minimum atomic E-state index is -1.25. The Morgan fingerprint density at radius 3 is 0.807 bits per heavy atom. The Labute approximate surface area is 900 Å². The molecule has 0 aliphatic heterocycles. The number of pyridine rings is 5. The van der Waals surface area contributed by atoms with Gasteiger partial charge in [0.1, 0.15) is 35.2 Å². The van der Waals surface area contributed by atoms with Crippen LogP contribution in [0.1, 0.15) is 250 Å². The summed E-state index contributed by atoms with van der Waals surface area (Å²) in [6, 6.07) is 113. The zero-order valence-corrected chi connectivity index (χ0v) is 91.4. The van der Waals surface area contributed by atoms with Crippen LogP contribution in [0.5, 0.6) is 0 Å². The highest BCUT2D eigenvalue weighted by Gasteiger charge is 2.56. The number of aromatic nitrogens is 5. The fourth-order valence-electron chi connectivity index (χ4n) is 35.2. The molecule has 18 aliphatic carbocycles. The predicted molar refractivity (Wildman–Crippen MR) is 617 cm³/mol. The molecule has 0 amide bonds. The number of hydrogen-bond acceptors (Lipinski definition) is 0.